The third-order valence-corrected chi connectivity index (χ3v) is 4.21. The van der Waals surface area contributed by atoms with Crippen LogP contribution in [0.3, 0.4) is 0 Å². The van der Waals surface area contributed by atoms with Gasteiger partial charge in [-0.2, -0.15) is 5.26 Å². The van der Waals surface area contributed by atoms with Crippen LogP contribution in [0.1, 0.15) is 31.7 Å². The van der Waals surface area contributed by atoms with Crippen LogP contribution in [0.5, 0.6) is 0 Å². The predicted octanol–water partition coefficient (Wildman–Crippen LogP) is 2.11. The van der Waals surface area contributed by atoms with Crippen molar-refractivity contribution in [2.45, 2.75) is 38.3 Å². The van der Waals surface area contributed by atoms with Crippen LogP contribution >= 0.6 is 0 Å². The van der Waals surface area contributed by atoms with Gasteiger partial charge in [-0.1, -0.05) is 6.92 Å². The van der Waals surface area contributed by atoms with E-state index in [-0.39, 0.29) is 23.4 Å². The highest BCUT2D eigenvalue weighted by molar-refractivity contribution is 5.59. The van der Waals surface area contributed by atoms with Crippen molar-refractivity contribution in [2.24, 2.45) is 0 Å². The number of likely N-dealkylation sites (tertiary alicyclic amines) is 1. The molecule has 23 heavy (non-hydrogen) atoms. The van der Waals surface area contributed by atoms with E-state index in [1.165, 1.54) is 12.1 Å². The van der Waals surface area contributed by atoms with Gasteiger partial charge in [0.2, 0.25) is 0 Å². The summed E-state index contributed by atoms with van der Waals surface area (Å²) in [6, 6.07) is 6.69. The quantitative estimate of drug-likeness (QED) is 0.615. The molecule has 1 aliphatic rings. The monoisotopic (exact) mass is 318 g/mol. The van der Waals surface area contributed by atoms with Crippen LogP contribution in [0.25, 0.3) is 0 Å². The fourth-order valence-electron chi connectivity index (χ4n) is 2.80. The number of nitrogens with one attached hydrogen (secondary N) is 1. The highest BCUT2D eigenvalue weighted by atomic mass is 16.6. The minimum absolute atomic E-state index is 0.0727. The van der Waals surface area contributed by atoms with E-state index in [0.717, 1.165) is 38.0 Å². The first-order valence-electron chi connectivity index (χ1n) is 7.89. The first kappa shape index (κ1) is 17.2. The molecule has 1 aliphatic heterocycles. The number of nitrogens with zero attached hydrogens (tertiary/aromatic N) is 3. The van der Waals surface area contributed by atoms with Gasteiger partial charge in [-0.25, -0.2) is 0 Å². The summed E-state index contributed by atoms with van der Waals surface area (Å²) >= 11 is 0. The molecular weight excluding hydrogens is 296 g/mol. The van der Waals surface area contributed by atoms with Gasteiger partial charge < -0.3 is 15.3 Å². The minimum atomic E-state index is -0.542. The third-order valence-electron chi connectivity index (χ3n) is 4.21. The second kappa shape index (κ2) is 7.90. The third kappa shape index (κ3) is 4.65. The number of β-amino-alcohol motifs (C(OH)–C–C–N with tert-alkyl or cyclic N) is 1. The smallest absolute Gasteiger partial charge is 0.287 e. The van der Waals surface area contributed by atoms with Gasteiger partial charge in [0.05, 0.1) is 11.0 Å². The van der Waals surface area contributed by atoms with E-state index in [1.54, 1.807) is 6.07 Å². The highest BCUT2D eigenvalue weighted by Crippen LogP contribution is 2.24. The zero-order chi connectivity index (χ0) is 16.8. The molecule has 2 N–H and O–H groups in total. The maximum atomic E-state index is 10.8. The van der Waals surface area contributed by atoms with Gasteiger partial charge in [-0.05, 0) is 31.4 Å². The number of hydrogen-bond acceptors (Lipinski definition) is 6. The maximum absolute atomic E-state index is 10.8. The van der Waals surface area contributed by atoms with Crippen LogP contribution in [0.15, 0.2) is 18.2 Å². The van der Waals surface area contributed by atoms with E-state index in [9.17, 15) is 15.2 Å². The average molecular weight is 318 g/mol. The van der Waals surface area contributed by atoms with E-state index in [1.807, 2.05) is 13.0 Å². The number of aliphatic hydroxyl groups excluding tert-OH is 1. The van der Waals surface area contributed by atoms with E-state index < -0.39 is 4.92 Å². The SMILES string of the molecule is CCC(O)CN1CCC(Nc2ccc([N+](=O)[O-])c(C#N)c2)CC1. The molecule has 1 unspecified atom stereocenters. The van der Waals surface area contributed by atoms with E-state index in [0.29, 0.717) is 6.54 Å². The van der Waals surface area contributed by atoms with Gasteiger partial charge in [-0.15, -0.1) is 0 Å². The first-order chi connectivity index (χ1) is 11.0. The molecule has 1 saturated heterocycles. The highest BCUT2D eigenvalue weighted by Gasteiger charge is 2.21. The van der Waals surface area contributed by atoms with E-state index >= 15 is 0 Å². The van der Waals surface area contributed by atoms with E-state index in [4.69, 9.17) is 5.26 Å². The number of aliphatic hydroxyl groups is 1. The van der Waals surface area contributed by atoms with Gasteiger partial charge >= 0.3 is 0 Å². The van der Waals surface area contributed by atoms with Crippen molar-refractivity contribution < 1.29 is 10.0 Å². The lowest BCUT2D eigenvalue weighted by Crippen LogP contribution is -2.42. The molecule has 1 aromatic carbocycles. The summed E-state index contributed by atoms with van der Waals surface area (Å²) in [6.07, 6.45) is 2.37. The molecule has 0 bridgehead atoms. The van der Waals surface area contributed by atoms with Crippen LogP contribution in [0.2, 0.25) is 0 Å². The van der Waals surface area contributed by atoms with Crippen molar-refractivity contribution in [3.05, 3.63) is 33.9 Å². The Bertz CT molecular complexity index is 591. The minimum Gasteiger partial charge on any atom is -0.392 e. The average Bonchev–Trinajstić information content (AvgIpc) is 2.56. The van der Waals surface area contributed by atoms with Crippen LogP contribution in [-0.4, -0.2) is 46.7 Å². The fourth-order valence-corrected chi connectivity index (χ4v) is 2.80. The number of piperidine rings is 1. The van der Waals surface area contributed by atoms with Gasteiger partial charge in [0.15, 0.2) is 0 Å². The molecular formula is C16H22N4O3. The number of rotatable bonds is 6. The van der Waals surface area contributed by atoms with Crippen LogP contribution < -0.4 is 5.32 Å². The number of nitriles is 1. The van der Waals surface area contributed by atoms with Gasteiger partial charge in [0, 0.05) is 37.4 Å². The molecule has 0 spiro atoms. The zero-order valence-corrected chi connectivity index (χ0v) is 13.2. The molecule has 0 amide bonds. The molecule has 0 saturated carbocycles. The summed E-state index contributed by atoms with van der Waals surface area (Å²) in [6.45, 7) is 4.50. The molecule has 1 fully saturated rings. The topological polar surface area (TPSA) is 102 Å². The van der Waals surface area contributed by atoms with Gasteiger partial charge in [0.25, 0.3) is 5.69 Å². The lowest BCUT2D eigenvalue weighted by Gasteiger charge is -2.33. The molecule has 1 atom stereocenters. The summed E-state index contributed by atoms with van der Waals surface area (Å²) in [4.78, 5) is 12.6. The predicted molar refractivity (Wildman–Crippen MR) is 87.2 cm³/mol. The Balaban J connectivity index is 1.92. The van der Waals surface area contributed by atoms with Crippen LogP contribution in [0, 0.1) is 21.4 Å². The molecule has 0 aromatic heterocycles. The molecule has 7 heteroatoms. The van der Waals surface area contributed by atoms with Crippen molar-refractivity contribution in [1.82, 2.24) is 4.90 Å². The summed E-state index contributed by atoms with van der Waals surface area (Å²) in [5.74, 6) is 0. The molecule has 1 aromatic rings. The normalized spacial score (nSPS) is 17.4. The number of hydrogen-bond donors (Lipinski definition) is 2. The van der Waals surface area contributed by atoms with Crippen LogP contribution in [-0.2, 0) is 0 Å². The molecule has 124 valence electrons. The van der Waals surface area contributed by atoms with Gasteiger partial charge in [0.1, 0.15) is 11.6 Å². The molecule has 7 nitrogen and oxygen atoms in total. The Labute approximate surface area is 135 Å². The Morgan fingerprint density at radius 2 is 2.22 bits per heavy atom. The molecule has 1 heterocycles. The Morgan fingerprint density at radius 3 is 2.78 bits per heavy atom. The van der Waals surface area contributed by atoms with E-state index in [2.05, 4.69) is 10.2 Å². The van der Waals surface area contributed by atoms with Crippen molar-refractivity contribution in [1.29, 1.82) is 5.26 Å². The Kier molecular flexibility index (Phi) is 5.90. The second-order valence-electron chi connectivity index (χ2n) is 5.88. The maximum Gasteiger partial charge on any atom is 0.287 e. The Hall–Kier alpha value is -2.17. The number of nitro groups is 1. The lowest BCUT2D eigenvalue weighted by molar-refractivity contribution is -0.385. The van der Waals surface area contributed by atoms with Crippen molar-refractivity contribution in [3.8, 4) is 6.07 Å². The molecule has 2 rings (SSSR count). The number of nitro benzene ring substituents is 1. The molecule has 0 radical (unpaired) electrons. The van der Waals surface area contributed by atoms with Crippen molar-refractivity contribution in [2.75, 3.05) is 25.0 Å². The fraction of sp³-hybridized carbons (Fsp3) is 0.562. The van der Waals surface area contributed by atoms with Crippen molar-refractivity contribution >= 4 is 11.4 Å². The van der Waals surface area contributed by atoms with Crippen molar-refractivity contribution in [3.63, 3.8) is 0 Å². The summed E-state index contributed by atoms with van der Waals surface area (Å²) in [5.41, 5.74) is 0.643. The largest absolute Gasteiger partial charge is 0.392 e. The first-order valence-corrected chi connectivity index (χ1v) is 7.89. The number of anilines is 1. The summed E-state index contributed by atoms with van der Waals surface area (Å²) in [5, 5.41) is 32.9. The molecule has 0 aliphatic carbocycles. The standard InChI is InChI=1S/C16H22N4O3/c1-2-15(21)11-19-7-5-13(6-8-19)18-14-3-4-16(20(22)23)12(9-14)10-17/h3-4,9,13,15,18,21H,2,5-8,11H2,1H3. The number of benzene rings is 1. The second-order valence-corrected chi connectivity index (χ2v) is 5.88. The summed E-state index contributed by atoms with van der Waals surface area (Å²) in [7, 11) is 0. The zero-order valence-electron chi connectivity index (χ0n) is 13.2. The Morgan fingerprint density at radius 1 is 1.52 bits per heavy atom. The lowest BCUT2D eigenvalue weighted by atomic mass is 10.0. The summed E-state index contributed by atoms with van der Waals surface area (Å²) < 4.78 is 0. The van der Waals surface area contributed by atoms with Crippen LogP contribution in [0.4, 0.5) is 11.4 Å². The van der Waals surface area contributed by atoms with Gasteiger partial charge in [-0.3, -0.25) is 10.1 Å².